The molecule has 1 heterocycles. The van der Waals surface area contributed by atoms with Crippen LogP contribution in [-0.4, -0.2) is 26.2 Å². The molecule has 0 bridgehead atoms. The van der Waals surface area contributed by atoms with Crippen molar-refractivity contribution >= 4 is 0 Å². The van der Waals surface area contributed by atoms with Crippen LogP contribution >= 0.6 is 0 Å². The molecule has 106 valence electrons. The van der Waals surface area contributed by atoms with Gasteiger partial charge in [0, 0.05) is 31.6 Å². The van der Waals surface area contributed by atoms with Crippen LogP contribution in [0.1, 0.15) is 36.1 Å². The second-order valence-corrected chi connectivity index (χ2v) is 6.72. The Morgan fingerprint density at radius 3 is 2.42 bits per heavy atom. The molecular formula is C17H28N2. The standard InChI is InChI=1S/C17H28N2/c1-12-6-7-16(14(3)13(12)2)17(4,5)11-19-10-15-8-18-9-15/h6-7,15,18-19H,8-11H2,1-5H3. The van der Waals surface area contributed by atoms with Gasteiger partial charge in [0.05, 0.1) is 0 Å². The van der Waals surface area contributed by atoms with E-state index in [-0.39, 0.29) is 5.41 Å². The Morgan fingerprint density at radius 1 is 1.16 bits per heavy atom. The molecule has 0 atom stereocenters. The molecule has 1 aromatic rings. The van der Waals surface area contributed by atoms with Crippen LogP contribution in [0.25, 0.3) is 0 Å². The van der Waals surface area contributed by atoms with E-state index in [1.165, 1.54) is 35.3 Å². The van der Waals surface area contributed by atoms with Crippen molar-refractivity contribution in [3.63, 3.8) is 0 Å². The Kier molecular flexibility index (Phi) is 4.32. The Bertz CT molecular complexity index is 445. The SMILES string of the molecule is Cc1ccc(C(C)(C)CNCC2CNC2)c(C)c1C. The average Bonchev–Trinajstić information content (AvgIpc) is 2.29. The van der Waals surface area contributed by atoms with Gasteiger partial charge < -0.3 is 10.6 Å². The van der Waals surface area contributed by atoms with Gasteiger partial charge in [0.25, 0.3) is 0 Å². The van der Waals surface area contributed by atoms with Gasteiger partial charge in [-0.05, 0) is 48.9 Å². The molecule has 0 aromatic heterocycles. The highest BCUT2D eigenvalue weighted by Gasteiger charge is 2.24. The fourth-order valence-corrected chi connectivity index (χ4v) is 2.87. The van der Waals surface area contributed by atoms with Gasteiger partial charge in [-0.2, -0.15) is 0 Å². The van der Waals surface area contributed by atoms with Gasteiger partial charge in [-0.1, -0.05) is 26.0 Å². The van der Waals surface area contributed by atoms with Gasteiger partial charge in [0.1, 0.15) is 0 Å². The van der Waals surface area contributed by atoms with Gasteiger partial charge in [-0.25, -0.2) is 0 Å². The molecule has 2 nitrogen and oxygen atoms in total. The van der Waals surface area contributed by atoms with E-state index in [0.717, 1.165) is 19.0 Å². The molecule has 1 aliphatic heterocycles. The van der Waals surface area contributed by atoms with E-state index >= 15 is 0 Å². The minimum Gasteiger partial charge on any atom is -0.316 e. The predicted molar refractivity (Wildman–Crippen MR) is 82.9 cm³/mol. The molecule has 1 fully saturated rings. The van der Waals surface area contributed by atoms with E-state index in [2.05, 4.69) is 57.4 Å². The summed E-state index contributed by atoms with van der Waals surface area (Å²) in [5.41, 5.74) is 5.96. The van der Waals surface area contributed by atoms with Gasteiger partial charge in [-0.15, -0.1) is 0 Å². The molecule has 0 spiro atoms. The molecule has 19 heavy (non-hydrogen) atoms. The lowest BCUT2D eigenvalue weighted by Gasteiger charge is -2.32. The summed E-state index contributed by atoms with van der Waals surface area (Å²) in [7, 11) is 0. The van der Waals surface area contributed by atoms with Gasteiger partial charge in [0.15, 0.2) is 0 Å². The van der Waals surface area contributed by atoms with Crippen molar-refractivity contribution in [3.05, 3.63) is 34.4 Å². The first-order valence-corrected chi connectivity index (χ1v) is 7.40. The van der Waals surface area contributed by atoms with Gasteiger partial charge >= 0.3 is 0 Å². The molecule has 0 saturated carbocycles. The third-order valence-electron chi connectivity index (χ3n) is 4.65. The first-order valence-electron chi connectivity index (χ1n) is 7.40. The summed E-state index contributed by atoms with van der Waals surface area (Å²) in [4.78, 5) is 0. The lowest BCUT2D eigenvalue weighted by Crippen LogP contribution is -2.48. The monoisotopic (exact) mass is 260 g/mol. The summed E-state index contributed by atoms with van der Waals surface area (Å²) in [5.74, 6) is 0.830. The summed E-state index contributed by atoms with van der Waals surface area (Å²) < 4.78 is 0. The number of benzene rings is 1. The Labute approximate surface area is 118 Å². The molecule has 2 rings (SSSR count). The Hall–Kier alpha value is -0.860. The third kappa shape index (κ3) is 3.18. The minimum atomic E-state index is 0.194. The van der Waals surface area contributed by atoms with Crippen LogP contribution in [0.4, 0.5) is 0 Å². The lowest BCUT2D eigenvalue weighted by molar-refractivity contribution is 0.319. The van der Waals surface area contributed by atoms with E-state index in [1.54, 1.807) is 0 Å². The van der Waals surface area contributed by atoms with Crippen molar-refractivity contribution in [3.8, 4) is 0 Å². The molecule has 1 aromatic carbocycles. The largest absolute Gasteiger partial charge is 0.316 e. The van der Waals surface area contributed by atoms with E-state index in [9.17, 15) is 0 Å². The van der Waals surface area contributed by atoms with Crippen LogP contribution < -0.4 is 10.6 Å². The maximum absolute atomic E-state index is 3.65. The fourth-order valence-electron chi connectivity index (χ4n) is 2.87. The predicted octanol–water partition coefficient (Wildman–Crippen LogP) is 2.70. The van der Waals surface area contributed by atoms with E-state index in [4.69, 9.17) is 0 Å². The van der Waals surface area contributed by atoms with Crippen LogP contribution in [0.2, 0.25) is 0 Å². The third-order valence-corrected chi connectivity index (χ3v) is 4.65. The van der Waals surface area contributed by atoms with Crippen LogP contribution in [0.15, 0.2) is 12.1 Å². The molecule has 0 aliphatic carbocycles. The zero-order valence-electron chi connectivity index (χ0n) is 13.1. The van der Waals surface area contributed by atoms with Crippen LogP contribution in [0.5, 0.6) is 0 Å². The molecule has 2 N–H and O–H groups in total. The number of aryl methyl sites for hydroxylation is 1. The van der Waals surface area contributed by atoms with E-state index in [0.29, 0.717) is 0 Å². The van der Waals surface area contributed by atoms with Crippen molar-refractivity contribution < 1.29 is 0 Å². The molecule has 0 radical (unpaired) electrons. The molecule has 2 heteroatoms. The van der Waals surface area contributed by atoms with Crippen molar-refractivity contribution in [2.24, 2.45) is 5.92 Å². The van der Waals surface area contributed by atoms with Gasteiger partial charge in [0.2, 0.25) is 0 Å². The molecule has 0 unspecified atom stereocenters. The van der Waals surface area contributed by atoms with Crippen molar-refractivity contribution in [2.45, 2.75) is 40.0 Å². The summed E-state index contributed by atoms with van der Waals surface area (Å²) >= 11 is 0. The Balaban J connectivity index is 2.03. The quantitative estimate of drug-likeness (QED) is 0.850. The molecule has 1 saturated heterocycles. The summed E-state index contributed by atoms with van der Waals surface area (Å²) in [6, 6.07) is 4.57. The minimum absolute atomic E-state index is 0.194. The van der Waals surface area contributed by atoms with Crippen molar-refractivity contribution in [2.75, 3.05) is 26.2 Å². The topological polar surface area (TPSA) is 24.1 Å². The molecular weight excluding hydrogens is 232 g/mol. The van der Waals surface area contributed by atoms with Gasteiger partial charge in [-0.3, -0.25) is 0 Å². The van der Waals surface area contributed by atoms with E-state index in [1.807, 2.05) is 0 Å². The second-order valence-electron chi connectivity index (χ2n) is 6.72. The zero-order valence-corrected chi connectivity index (χ0v) is 13.1. The second kappa shape index (κ2) is 5.64. The first-order chi connectivity index (χ1) is 8.92. The average molecular weight is 260 g/mol. The van der Waals surface area contributed by atoms with Crippen LogP contribution in [-0.2, 0) is 5.41 Å². The molecule has 1 aliphatic rings. The zero-order chi connectivity index (χ0) is 14.0. The van der Waals surface area contributed by atoms with Crippen LogP contribution in [0, 0.1) is 26.7 Å². The van der Waals surface area contributed by atoms with Crippen molar-refractivity contribution in [1.82, 2.24) is 10.6 Å². The molecule has 0 amide bonds. The number of hydrogen-bond acceptors (Lipinski definition) is 2. The number of rotatable bonds is 5. The highest BCUT2D eigenvalue weighted by molar-refractivity contribution is 5.42. The highest BCUT2D eigenvalue weighted by atomic mass is 15.0. The highest BCUT2D eigenvalue weighted by Crippen LogP contribution is 2.28. The lowest BCUT2D eigenvalue weighted by atomic mass is 9.80. The smallest absolute Gasteiger partial charge is 0.00434 e. The first kappa shape index (κ1) is 14.5. The number of nitrogens with one attached hydrogen (secondary N) is 2. The van der Waals surface area contributed by atoms with Crippen LogP contribution in [0.3, 0.4) is 0 Å². The normalized spacial score (nSPS) is 16.5. The maximum atomic E-state index is 3.65. The van der Waals surface area contributed by atoms with Crippen molar-refractivity contribution in [1.29, 1.82) is 0 Å². The fraction of sp³-hybridized carbons (Fsp3) is 0.647. The summed E-state index contributed by atoms with van der Waals surface area (Å²) in [6.07, 6.45) is 0. The maximum Gasteiger partial charge on any atom is 0.00434 e. The summed E-state index contributed by atoms with van der Waals surface area (Å²) in [5, 5.41) is 6.97. The number of hydrogen-bond donors (Lipinski definition) is 2. The summed E-state index contributed by atoms with van der Waals surface area (Å²) in [6.45, 7) is 15.9. The van der Waals surface area contributed by atoms with E-state index < -0.39 is 0 Å². The Morgan fingerprint density at radius 2 is 1.84 bits per heavy atom.